The summed E-state index contributed by atoms with van der Waals surface area (Å²) in [5, 5.41) is 0. The number of ether oxygens (including phenoxy) is 3. The quantitative estimate of drug-likeness (QED) is 0.168. The number of aryl methyl sites for hydroxylation is 1. The molecule has 1 aromatic rings. The number of fused-ring (bicyclic) bond motifs is 5. The van der Waals surface area contributed by atoms with Crippen LogP contribution < -0.4 is 0 Å². The minimum atomic E-state index is -3.93. The number of hydrogen-bond acceptors (Lipinski definition) is 9. The van der Waals surface area contributed by atoms with Gasteiger partial charge in [-0.05, 0) is 105 Å². The standard InChI is InChI=1S/C36H52O9S/c1-21-8-11-27(12-9-21)46(40,41)45-26-16-17-35(5)25(18-26)19-31(43-23(3)37)34-29-14-13-28(22(2)10-15-33(39)42-7)36(29,6)32(20-30(34)35)44-24(4)38/h8-9,11-12,22,25-26,28-32,34H,10,13-20H2,1-7H3/t22-,25+,26-,28-,29+,30+,31-,32+,34+,35+,36-/m1/s1. The molecule has 0 radical (unpaired) electrons. The summed E-state index contributed by atoms with van der Waals surface area (Å²) in [6, 6.07) is 6.70. The zero-order chi connectivity index (χ0) is 33.6. The molecule has 4 aliphatic rings. The van der Waals surface area contributed by atoms with Crippen LogP contribution in [-0.2, 0) is 42.9 Å². The van der Waals surface area contributed by atoms with Crippen LogP contribution in [0.25, 0.3) is 0 Å². The number of benzene rings is 1. The number of carbonyl (C=O) groups is 3. The molecule has 4 saturated carbocycles. The number of rotatable bonds is 9. The van der Waals surface area contributed by atoms with Crippen LogP contribution in [-0.4, -0.2) is 51.7 Å². The summed E-state index contributed by atoms with van der Waals surface area (Å²) >= 11 is 0. The third-order valence-corrected chi connectivity index (χ3v) is 14.0. The Morgan fingerprint density at radius 1 is 0.935 bits per heavy atom. The van der Waals surface area contributed by atoms with Gasteiger partial charge in [-0.2, -0.15) is 8.42 Å². The Balaban J connectivity index is 1.44. The maximum atomic E-state index is 13.2. The van der Waals surface area contributed by atoms with Crippen molar-refractivity contribution in [2.45, 2.75) is 123 Å². The summed E-state index contributed by atoms with van der Waals surface area (Å²) in [6.07, 6.45) is 5.06. The van der Waals surface area contributed by atoms with Crippen LogP contribution in [0.4, 0.5) is 0 Å². The zero-order valence-electron chi connectivity index (χ0n) is 28.5. The number of carbonyl (C=O) groups excluding carboxylic acids is 3. The second kappa shape index (κ2) is 13.2. The Hall–Kier alpha value is -2.46. The van der Waals surface area contributed by atoms with Gasteiger partial charge in [0.25, 0.3) is 10.1 Å². The third-order valence-electron chi connectivity index (χ3n) is 12.7. The molecule has 11 atom stereocenters. The van der Waals surface area contributed by atoms with E-state index in [0.717, 1.165) is 24.8 Å². The van der Waals surface area contributed by atoms with Gasteiger partial charge in [0, 0.05) is 31.6 Å². The summed E-state index contributed by atoms with van der Waals surface area (Å²) in [7, 11) is -2.52. The molecule has 1 aromatic carbocycles. The number of hydrogen-bond donors (Lipinski definition) is 0. The van der Waals surface area contributed by atoms with Gasteiger partial charge in [0.05, 0.1) is 18.1 Å². The molecule has 4 aliphatic carbocycles. The van der Waals surface area contributed by atoms with E-state index in [1.54, 1.807) is 24.3 Å². The van der Waals surface area contributed by atoms with Crippen LogP contribution in [0, 0.1) is 53.3 Å². The fourth-order valence-corrected chi connectivity index (χ4v) is 11.6. The molecule has 256 valence electrons. The summed E-state index contributed by atoms with van der Waals surface area (Å²) < 4.78 is 49.6. The van der Waals surface area contributed by atoms with Gasteiger partial charge in [-0.25, -0.2) is 0 Å². The average Bonchev–Trinajstić information content (AvgIpc) is 3.34. The molecule has 0 aromatic heterocycles. The number of esters is 3. The summed E-state index contributed by atoms with van der Waals surface area (Å²) in [5.74, 6) is 0.0525. The van der Waals surface area contributed by atoms with Crippen molar-refractivity contribution in [1.29, 1.82) is 0 Å². The normalized spacial score (nSPS) is 37.6. The number of methoxy groups -OCH3 is 1. The van der Waals surface area contributed by atoms with Gasteiger partial charge in [-0.1, -0.05) is 38.5 Å². The highest BCUT2D eigenvalue weighted by molar-refractivity contribution is 7.86. The van der Waals surface area contributed by atoms with Gasteiger partial charge in [-0.15, -0.1) is 0 Å². The molecule has 0 heterocycles. The first-order valence-corrected chi connectivity index (χ1v) is 18.4. The van der Waals surface area contributed by atoms with E-state index in [1.165, 1.54) is 21.0 Å². The van der Waals surface area contributed by atoms with Gasteiger partial charge < -0.3 is 14.2 Å². The lowest BCUT2D eigenvalue weighted by Crippen LogP contribution is -2.63. The zero-order valence-corrected chi connectivity index (χ0v) is 29.3. The molecule has 0 spiro atoms. The highest BCUT2D eigenvalue weighted by atomic mass is 32.2. The highest BCUT2D eigenvalue weighted by Crippen LogP contribution is 2.69. The van der Waals surface area contributed by atoms with E-state index < -0.39 is 16.2 Å². The topological polar surface area (TPSA) is 122 Å². The van der Waals surface area contributed by atoms with Crippen LogP contribution in [0.5, 0.6) is 0 Å². The fourth-order valence-electron chi connectivity index (χ4n) is 10.5. The first-order chi connectivity index (χ1) is 21.6. The van der Waals surface area contributed by atoms with Crippen LogP contribution in [0.3, 0.4) is 0 Å². The summed E-state index contributed by atoms with van der Waals surface area (Å²) in [5.41, 5.74) is 0.468. The maximum absolute atomic E-state index is 13.2. The lowest BCUT2D eigenvalue weighted by atomic mass is 9.43. The van der Waals surface area contributed by atoms with E-state index in [4.69, 9.17) is 18.4 Å². The van der Waals surface area contributed by atoms with E-state index in [0.29, 0.717) is 38.5 Å². The lowest BCUT2D eigenvalue weighted by Gasteiger charge is -2.64. The highest BCUT2D eigenvalue weighted by Gasteiger charge is 2.67. The van der Waals surface area contributed by atoms with Gasteiger partial charge in [0.15, 0.2) is 0 Å². The molecule has 5 rings (SSSR count). The van der Waals surface area contributed by atoms with E-state index in [2.05, 4.69) is 20.8 Å². The molecule has 0 unspecified atom stereocenters. The molecule has 0 saturated heterocycles. The van der Waals surface area contributed by atoms with Crippen molar-refractivity contribution in [2.24, 2.45) is 46.3 Å². The Kier molecular flexibility index (Phi) is 10.0. The smallest absolute Gasteiger partial charge is 0.305 e. The second-order valence-electron chi connectivity index (χ2n) is 15.1. The molecule has 4 fully saturated rings. The van der Waals surface area contributed by atoms with Crippen molar-refractivity contribution in [2.75, 3.05) is 7.11 Å². The van der Waals surface area contributed by atoms with Gasteiger partial charge in [-0.3, -0.25) is 18.6 Å². The summed E-state index contributed by atoms with van der Waals surface area (Å²) in [4.78, 5) is 37.3. The Morgan fingerprint density at radius 3 is 2.24 bits per heavy atom. The van der Waals surface area contributed by atoms with Crippen LogP contribution in [0.2, 0.25) is 0 Å². The molecule has 10 heteroatoms. The lowest BCUT2D eigenvalue weighted by molar-refractivity contribution is -0.222. The molecule has 0 aliphatic heterocycles. The van der Waals surface area contributed by atoms with E-state index in [1.807, 2.05) is 6.92 Å². The van der Waals surface area contributed by atoms with E-state index >= 15 is 0 Å². The minimum Gasteiger partial charge on any atom is -0.469 e. The monoisotopic (exact) mass is 660 g/mol. The van der Waals surface area contributed by atoms with Crippen molar-refractivity contribution in [1.82, 2.24) is 0 Å². The Bertz CT molecular complexity index is 1410. The van der Waals surface area contributed by atoms with Crippen LogP contribution in [0.1, 0.15) is 98.0 Å². The van der Waals surface area contributed by atoms with Gasteiger partial charge in [0.2, 0.25) is 0 Å². The fraction of sp³-hybridized carbons (Fsp3) is 0.750. The third kappa shape index (κ3) is 6.49. The second-order valence-corrected chi connectivity index (χ2v) is 16.7. The molecule has 9 nitrogen and oxygen atoms in total. The van der Waals surface area contributed by atoms with E-state index in [9.17, 15) is 22.8 Å². The van der Waals surface area contributed by atoms with Crippen molar-refractivity contribution < 1.29 is 41.2 Å². The first-order valence-electron chi connectivity index (χ1n) is 17.0. The predicted molar refractivity (Wildman–Crippen MR) is 171 cm³/mol. The minimum absolute atomic E-state index is 0.0728. The molecule has 0 amide bonds. The average molecular weight is 661 g/mol. The van der Waals surface area contributed by atoms with Gasteiger partial charge >= 0.3 is 17.9 Å². The van der Waals surface area contributed by atoms with Crippen molar-refractivity contribution in [3.8, 4) is 0 Å². The van der Waals surface area contributed by atoms with Crippen LogP contribution in [0.15, 0.2) is 29.2 Å². The van der Waals surface area contributed by atoms with Crippen molar-refractivity contribution >= 4 is 28.0 Å². The molecule has 0 bridgehead atoms. The van der Waals surface area contributed by atoms with Crippen molar-refractivity contribution in [3.63, 3.8) is 0 Å². The largest absolute Gasteiger partial charge is 0.469 e. The Labute approximate surface area is 274 Å². The summed E-state index contributed by atoms with van der Waals surface area (Å²) in [6.45, 7) is 11.6. The SMILES string of the molecule is COC(=O)CC[C@@H](C)[C@H]1CC[C@H]2[C@@H]3[C@H](OC(C)=O)C[C@@H]4C[C@H](OS(=O)(=O)c5ccc(C)cc5)CC[C@]4(C)[C@H]3C[C@H](OC(C)=O)[C@]12C. The van der Waals surface area contributed by atoms with Crippen LogP contribution >= 0.6 is 0 Å². The molecular formula is C36H52O9S. The Morgan fingerprint density at radius 2 is 1.61 bits per heavy atom. The van der Waals surface area contributed by atoms with E-state index in [-0.39, 0.29) is 81.3 Å². The maximum Gasteiger partial charge on any atom is 0.305 e. The molecule has 46 heavy (non-hydrogen) atoms. The first kappa shape index (κ1) is 34.9. The molecular weight excluding hydrogens is 608 g/mol. The van der Waals surface area contributed by atoms with Crippen molar-refractivity contribution in [3.05, 3.63) is 29.8 Å². The molecule has 0 N–H and O–H groups in total. The predicted octanol–water partition coefficient (Wildman–Crippen LogP) is 6.40. The van der Waals surface area contributed by atoms with Gasteiger partial charge in [0.1, 0.15) is 12.2 Å².